The van der Waals surface area contributed by atoms with Gasteiger partial charge in [0.1, 0.15) is 0 Å². The maximum atomic E-state index is 10.7. The van der Waals surface area contributed by atoms with E-state index in [2.05, 4.69) is 0 Å². The lowest BCUT2D eigenvalue weighted by molar-refractivity contribution is -0.147. The molecule has 60 valence electrons. The molecule has 0 saturated carbocycles. The Morgan fingerprint density at radius 1 is 1.45 bits per heavy atom. The Labute approximate surface area is 65.6 Å². The average molecular weight is 153 g/mol. The van der Waals surface area contributed by atoms with Gasteiger partial charge < -0.3 is 9.30 Å². The lowest BCUT2D eigenvalue weighted by atomic mass is 10.5. The van der Waals surface area contributed by atoms with Crippen molar-refractivity contribution in [2.45, 2.75) is 20.1 Å². The molecular weight excluding hydrogens is 142 g/mol. The molecule has 1 aromatic rings. The van der Waals surface area contributed by atoms with Crippen molar-refractivity contribution in [3.05, 3.63) is 24.5 Å². The first-order valence-corrected chi connectivity index (χ1v) is 3.59. The van der Waals surface area contributed by atoms with Crippen LogP contribution in [0, 0.1) is 0 Å². The standard InChI is InChI=1S/C8H11NO2/c1-2-8(10)11-7-9-5-3-4-6-9/h3-6H,2,7H2,1H3. The van der Waals surface area contributed by atoms with E-state index in [4.69, 9.17) is 4.74 Å². The molecule has 1 heterocycles. The first kappa shape index (κ1) is 7.85. The predicted molar refractivity (Wildman–Crippen MR) is 40.8 cm³/mol. The molecule has 0 aliphatic carbocycles. The molecule has 3 heteroatoms. The molecule has 0 aromatic carbocycles. The minimum atomic E-state index is -0.168. The minimum Gasteiger partial charge on any atom is -0.444 e. The van der Waals surface area contributed by atoms with Crippen LogP contribution < -0.4 is 0 Å². The van der Waals surface area contributed by atoms with E-state index in [0.29, 0.717) is 13.2 Å². The van der Waals surface area contributed by atoms with Gasteiger partial charge in [-0.05, 0) is 12.1 Å². The lowest BCUT2D eigenvalue weighted by Gasteiger charge is -2.02. The Morgan fingerprint density at radius 2 is 2.09 bits per heavy atom. The Morgan fingerprint density at radius 3 is 2.64 bits per heavy atom. The van der Waals surface area contributed by atoms with Crippen LogP contribution in [0.4, 0.5) is 0 Å². The molecule has 0 saturated heterocycles. The first-order chi connectivity index (χ1) is 5.33. The molecule has 11 heavy (non-hydrogen) atoms. The van der Waals surface area contributed by atoms with Crippen LogP contribution in [0.25, 0.3) is 0 Å². The normalized spacial score (nSPS) is 9.55. The quantitative estimate of drug-likeness (QED) is 0.614. The highest BCUT2D eigenvalue weighted by Crippen LogP contribution is 1.92. The van der Waals surface area contributed by atoms with E-state index in [0.717, 1.165) is 0 Å². The zero-order chi connectivity index (χ0) is 8.10. The number of carbonyl (C=O) groups excluding carboxylic acids is 1. The lowest BCUT2D eigenvalue weighted by Crippen LogP contribution is -2.06. The molecule has 0 unspecified atom stereocenters. The third-order valence-corrected chi connectivity index (χ3v) is 1.33. The number of esters is 1. The van der Waals surface area contributed by atoms with Crippen molar-refractivity contribution in [2.24, 2.45) is 0 Å². The molecule has 0 bridgehead atoms. The van der Waals surface area contributed by atoms with Crippen molar-refractivity contribution in [1.82, 2.24) is 4.57 Å². The van der Waals surface area contributed by atoms with E-state index in [1.54, 1.807) is 11.5 Å². The van der Waals surface area contributed by atoms with Gasteiger partial charge in [-0.2, -0.15) is 0 Å². The molecule has 0 atom stereocenters. The van der Waals surface area contributed by atoms with Crippen LogP contribution in [-0.2, 0) is 16.3 Å². The zero-order valence-corrected chi connectivity index (χ0v) is 6.49. The van der Waals surface area contributed by atoms with Crippen molar-refractivity contribution in [1.29, 1.82) is 0 Å². The van der Waals surface area contributed by atoms with Crippen molar-refractivity contribution in [3.63, 3.8) is 0 Å². The van der Waals surface area contributed by atoms with Crippen LogP contribution in [0.15, 0.2) is 24.5 Å². The highest BCUT2D eigenvalue weighted by atomic mass is 16.5. The minimum absolute atomic E-state index is 0.168. The van der Waals surface area contributed by atoms with Crippen LogP contribution in [0.2, 0.25) is 0 Å². The Hall–Kier alpha value is -1.25. The van der Waals surface area contributed by atoms with Gasteiger partial charge >= 0.3 is 5.97 Å². The van der Waals surface area contributed by atoms with E-state index in [9.17, 15) is 4.79 Å². The van der Waals surface area contributed by atoms with Crippen LogP contribution in [0.1, 0.15) is 13.3 Å². The topological polar surface area (TPSA) is 31.2 Å². The summed E-state index contributed by atoms with van der Waals surface area (Å²) in [6.45, 7) is 2.09. The van der Waals surface area contributed by atoms with Crippen molar-refractivity contribution in [3.8, 4) is 0 Å². The maximum absolute atomic E-state index is 10.7. The van der Waals surface area contributed by atoms with Crippen molar-refractivity contribution in [2.75, 3.05) is 0 Å². The third kappa shape index (κ3) is 2.45. The largest absolute Gasteiger partial charge is 0.444 e. The smallest absolute Gasteiger partial charge is 0.307 e. The Balaban J connectivity index is 2.29. The van der Waals surface area contributed by atoms with E-state index in [-0.39, 0.29) is 5.97 Å². The second-order valence-corrected chi connectivity index (χ2v) is 2.20. The number of nitrogens with zero attached hydrogens (tertiary/aromatic N) is 1. The van der Waals surface area contributed by atoms with Gasteiger partial charge in [-0.25, -0.2) is 0 Å². The summed E-state index contributed by atoms with van der Waals surface area (Å²) in [5.74, 6) is -0.168. The highest BCUT2D eigenvalue weighted by Gasteiger charge is 1.96. The fourth-order valence-corrected chi connectivity index (χ4v) is 0.705. The third-order valence-electron chi connectivity index (χ3n) is 1.33. The number of rotatable bonds is 3. The molecule has 0 N–H and O–H groups in total. The van der Waals surface area contributed by atoms with E-state index in [1.165, 1.54) is 0 Å². The highest BCUT2D eigenvalue weighted by molar-refractivity contribution is 5.68. The molecule has 0 aliphatic heterocycles. The molecule has 3 nitrogen and oxygen atoms in total. The zero-order valence-electron chi connectivity index (χ0n) is 6.49. The summed E-state index contributed by atoms with van der Waals surface area (Å²) in [4.78, 5) is 10.7. The summed E-state index contributed by atoms with van der Waals surface area (Å²) in [5, 5.41) is 0. The molecule has 0 aliphatic rings. The van der Waals surface area contributed by atoms with Gasteiger partial charge in [-0.1, -0.05) is 6.92 Å². The summed E-state index contributed by atoms with van der Waals surface area (Å²) < 4.78 is 6.66. The van der Waals surface area contributed by atoms with Crippen molar-refractivity contribution < 1.29 is 9.53 Å². The SMILES string of the molecule is CCC(=O)OCn1cccc1. The number of hydrogen-bond acceptors (Lipinski definition) is 2. The van der Waals surface area contributed by atoms with Gasteiger partial charge in [-0.3, -0.25) is 4.79 Å². The Bertz CT molecular complexity index is 216. The van der Waals surface area contributed by atoms with Gasteiger partial charge in [0, 0.05) is 18.8 Å². The monoisotopic (exact) mass is 153 g/mol. The van der Waals surface area contributed by atoms with E-state index < -0.39 is 0 Å². The Kier molecular flexibility index (Phi) is 2.72. The van der Waals surface area contributed by atoms with Crippen molar-refractivity contribution >= 4 is 5.97 Å². The molecule has 0 amide bonds. The molecule has 0 radical (unpaired) electrons. The summed E-state index contributed by atoms with van der Waals surface area (Å²) in [5.41, 5.74) is 0. The van der Waals surface area contributed by atoms with Gasteiger partial charge in [0.2, 0.25) is 0 Å². The van der Waals surface area contributed by atoms with E-state index >= 15 is 0 Å². The van der Waals surface area contributed by atoms with E-state index in [1.807, 2.05) is 24.5 Å². The van der Waals surface area contributed by atoms with Gasteiger partial charge in [0.25, 0.3) is 0 Å². The molecular formula is C8H11NO2. The number of ether oxygens (including phenoxy) is 1. The molecule has 0 fully saturated rings. The second kappa shape index (κ2) is 3.81. The van der Waals surface area contributed by atoms with Crippen LogP contribution in [-0.4, -0.2) is 10.5 Å². The second-order valence-electron chi connectivity index (χ2n) is 2.20. The van der Waals surface area contributed by atoms with Gasteiger partial charge in [0.15, 0.2) is 6.73 Å². The maximum Gasteiger partial charge on any atom is 0.307 e. The number of carbonyl (C=O) groups is 1. The molecule has 1 aromatic heterocycles. The number of hydrogen-bond donors (Lipinski definition) is 0. The van der Waals surface area contributed by atoms with Gasteiger partial charge in [0.05, 0.1) is 0 Å². The average Bonchev–Trinajstić information content (AvgIpc) is 2.52. The first-order valence-electron chi connectivity index (χ1n) is 3.59. The summed E-state index contributed by atoms with van der Waals surface area (Å²) in [7, 11) is 0. The molecule has 1 rings (SSSR count). The summed E-state index contributed by atoms with van der Waals surface area (Å²) in [6, 6.07) is 3.78. The number of aromatic nitrogens is 1. The fourth-order valence-electron chi connectivity index (χ4n) is 0.705. The summed E-state index contributed by atoms with van der Waals surface area (Å²) >= 11 is 0. The predicted octanol–water partition coefficient (Wildman–Crippen LogP) is 1.40. The molecule has 0 spiro atoms. The van der Waals surface area contributed by atoms with Crippen LogP contribution in [0.5, 0.6) is 0 Å². The van der Waals surface area contributed by atoms with Crippen LogP contribution in [0.3, 0.4) is 0 Å². The fraction of sp³-hybridized carbons (Fsp3) is 0.375. The summed E-state index contributed by atoms with van der Waals surface area (Å²) in [6.07, 6.45) is 4.13. The van der Waals surface area contributed by atoms with Crippen LogP contribution >= 0.6 is 0 Å². The van der Waals surface area contributed by atoms with Gasteiger partial charge in [-0.15, -0.1) is 0 Å².